The third kappa shape index (κ3) is 4.31. The third-order valence-electron chi connectivity index (χ3n) is 5.70. The number of aromatic nitrogens is 3. The number of halogens is 1. The quantitative estimate of drug-likeness (QED) is 0.844. The van der Waals surface area contributed by atoms with E-state index in [1.165, 1.54) is 11.1 Å². The first kappa shape index (κ1) is 20.6. The van der Waals surface area contributed by atoms with E-state index in [1.807, 2.05) is 30.0 Å². The Bertz CT molecular complexity index is 830. The van der Waals surface area contributed by atoms with Crippen molar-refractivity contribution >= 4 is 18.3 Å². The first-order valence-corrected chi connectivity index (χ1v) is 9.72. The van der Waals surface area contributed by atoms with E-state index < -0.39 is 0 Å². The smallest absolute Gasteiger partial charge is 0.260 e. The Morgan fingerprint density at radius 3 is 2.71 bits per heavy atom. The van der Waals surface area contributed by atoms with Gasteiger partial charge in [-0.25, -0.2) is 0 Å². The van der Waals surface area contributed by atoms with Gasteiger partial charge in [0.15, 0.2) is 6.61 Å². The molecule has 4 rings (SSSR count). The lowest BCUT2D eigenvalue weighted by molar-refractivity contribution is -0.134. The molecule has 0 radical (unpaired) electrons. The molecular formula is C20H28ClN5O2. The molecule has 1 aromatic heterocycles. The lowest BCUT2D eigenvalue weighted by Gasteiger charge is -2.32. The van der Waals surface area contributed by atoms with Gasteiger partial charge in [-0.05, 0) is 49.9 Å². The van der Waals surface area contributed by atoms with Crippen LogP contribution < -0.4 is 10.1 Å². The van der Waals surface area contributed by atoms with Crippen LogP contribution in [0.5, 0.6) is 5.75 Å². The summed E-state index contributed by atoms with van der Waals surface area (Å²) >= 11 is 0. The number of carbonyl (C=O) groups is 1. The van der Waals surface area contributed by atoms with Gasteiger partial charge in [0, 0.05) is 32.1 Å². The summed E-state index contributed by atoms with van der Waals surface area (Å²) in [4.78, 5) is 14.4. The molecule has 7 nitrogen and oxygen atoms in total. The zero-order chi connectivity index (χ0) is 18.8. The van der Waals surface area contributed by atoms with Gasteiger partial charge in [-0.15, -0.1) is 22.6 Å². The summed E-state index contributed by atoms with van der Waals surface area (Å²) in [5.41, 5.74) is 2.40. The normalized spacial score (nSPS) is 17.0. The molecule has 1 N–H and O–H groups in total. The van der Waals surface area contributed by atoms with Crippen molar-refractivity contribution in [3.8, 4) is 5.75 Å². The number of amides is 1. The van der Waals surface area contributed by atoms with Crippen molar-refractivity contribution in [2.75, 3.05) is 26.2 Å². The molecule has 8 heteroatoms. The number of benzene rings is 1. The fourth-order valence-electron chi connectivity index (χ4n) is 3.84. The van der Waals surface area contributed by atoms with Gasteiger partial charge in [0.2, 0.25) is 0 Å². The second-order valence-electron chi connectivity index (χ2n) is 7.49. The fourth-order valence-corrected chi connectivity index (χ4v) is 3.84. The number of likely N-dealkylation sites (tertiary alicyclic amines) is 1. The van der Waals surface area contributed by atoms with Crippen molar-refractivity contribution in [1.29, 1.82) is 0 Å². The highest BCUT2D eigenvalue weighted by molar-refractivity contribution is 5.85. The standard InChI is InChI=1S/C20H27N5O2.ClH/c1-14-3-4-17(11-15(14)2)27-13-19(26)24-8-5-16(6-9-24)20-23-22-18-12-21-7-10-25(18)20;/h3-4,11,16,21H,5-10,12-13H2,1-2H3;1H. The Labute approximate surface area is 171 Å². The number of hydrogen-bond donors (Lipinski definition) is 1. The molecular weight excluding hydrogens is 378 g/mol. The predicted octanol–water partition coefficient (Wildman–Crippen LogP) is 2.20. The minimum atomic E-state index is 0. The van der Waals surface area contributed by atoms with E-state index in [2.05, 4.69) is 27.0 Å². The first-order valence-electron chi connectivity index (χ1n) is 9.72. The average molecular weight is 406 g/mol. The summed E-state index contributed by atoms with van der Waals surface area (Å²) in [5.74, 6) is 3.31. The molecule has 152 valence electrons. The number of rotatable bonds is 4. The molecule has 1 fully saturated rings. The Morgan fingerprint density at radius 1 is 1.18 bits per heavy atom. The van der Waals surface area contributed by atoms with E-state index in [0.29, 0.717) is 5.92 Å². The third-order valence-corrected chi connectivity index (χ3v) is 5.70. The van der Waals surface area contributed by atoms with E-state index in [9.17, 15) is 4.79 Å². The van der Waals surface area contributed by atoms with Crippen LogP contribution in [0.3, 0.4) is 0 Å². The van der Waals surface area contributed by atoms with Crippen LogP contribution in [0.2, 0.25) is 0 Å². The molecule has 1 saturated heterocycles. The monoisotopic (exact) mass is 405 g/mol. The van der Waals surface area contributed by atoms with E-state index in [-0.39, 0.29) is 24.9 Å². The molecule has 1 aromatic carbocycles. The minimum Gasteiger partial charge on any atom is -0.484 e. The molecule has 2 aromatic rings. The summed E-state index contributed by atoms with van der Waals surface area (Å²) < 4.78 is 7.96. The van der Waals surface area contributed by atoms with Crippen LogP contribution in [0.1, 0.15) is 41.5 Å². The van der Waals surface area contributed by atoms with Crippen LogP contribution in [-0.2, 0) is 17.9 Å². The molecule has 0 unspecified atom stereocenters. The summed E-state index contributed by atoms with van der Waals surface area (Å²) in [6, 6.07) is 5.93. The van der Waals surface area contributed by atoms with Gasteiger partial charge < -0.3 is 19.5 Å². The number of piperidine rings is 1. The zero-order valence-electron chi connectivity index (χ0n) is 16.5. The highest BCUT2D eigenvalue weighted by Crippen LogP contribution is 2.28. The van der Waals surface area contributed by atoms with Gasteiger partial charge in [0.1, 0.15) is 17.4 Å². The number of nitrogens with zero attached hydrogens (tertiary/aromatic N) is 4. The Hall–Kier alpha value is -2.12. The van der Waals surface area contributed by atoms with Crippen molar-refractivity contribution in [2.45, 2.75) is 45.7 Å². The van der Waals surface area contributed by atoms with Gasteiger partial charge in [0.25, 0.3) is 5.91 Å². The molecule has 1 amide bonds. The number of ether oxygens (including phenoxy) is 1. The molecule has 0 aliphatic carbocycles. The number of fused-ring (bicyclic) bond motifs is 1. The van der Waals surface area contributed by atoms with E-state index >= 15 is 0 Å². The van der Waals surface area contributed by atoms with Crippen LogP contribution in [0.25, 0.3) is 0 Å². The summed E-state index contributed by atoms with van der Waals surface area (Å²) in [5, 5.41) is 12.1. The zero-order valence-corrected chi connectivity index (χ0v) is 17.3. The van der Waals surface area contributed by atoms with Crippen molar-refractivity contribution < 1.29 is 9.53 Å². The number of hydrogen-bond acceptors (Lipinski definition) is 5. The number of carbonyl (C=O) groups excluding carboxylic acids is 1. The maximum Gasteiger partial charge on any atom is 0.260 e. The average Bonchev–Trinajstić information content (AvgIpc) is 3.13. The van der Waals surface area contributed by atoms with Crippen LogP contribution in [0.4, 0.5) is 0 Å². The van der Waals surface area contributed by atoms with Crippen molar-refractivity contribution in [3.05, 3.63) is 41.0 Å². The SMILES string of the molecule is Cc1ccc(OCC(=O)N2CCC(c3nnc4n3CCNC4)CC2)cc1C.Cl. The maximum absolute atomic E-state index is 12.5. The Kier molecular flexibility index (Phi) is 6.57. The summed E-state index contributed by atoms with van der Waals surface area (Å²) in [7, 11) is 0. The number of aryl methyl sites for hydroxylation is 2. The van der Waals surface area contributed by atoms with Crippen molar-refractivity contribution in [3.63, 3.8) is 0 Å². The first-order chi connectivity index (χ1) is 13.1. The van der Waals surface area contributed by atoms with Crippen molar-refractivity contribution in [2.24, 2.45) is 0 Å². The second-order valence-corrected chi connectivity index (χ2v) is 7.49. The van der Waals surface area contributed by atoms with E-state index in [4.69, 9.17) is 4.74 Å². The molecule has 2 aliphatic rings. The van der Waals surface area contributed by atoms with Gasteiger partial charge >= 0.3 is 0 Å². The van der Waals surface area contributed by atoms with Crippen LogP contribution >= 0.6 is 12.4 Å². The second kappa shape index (κ2) is 8.92. The molecule has 0 bridgehead atoms. The lowest BCUT2D eigenvalue weighted by atomic mass is 9.95. The van der Waals surface area contributed by atoms with E-state index in [1.54, 1.807) is 0 Å². The Morgan fingerprint density at radius 2 is 1.96 bits per heavy atom. The maximum atomic E-state index is 12.5. The molecule has 2 aliphatic heterocycles. The van der Waals surface area contributed by atoms with Gasteiger partial charge in [-0.2, -0.15) is 0 Å². The van der Waals surface area contributed by atoms with Gasteiger partial charge in [0.05, 0.1) is 6.54 Å². The van der Waals surface area contributed by atoms with Crippen molar-refractivity contribution in [1.82, 2.24) is 25.0 Å². The highest BCUT2D eigenvalue weighted by atomic mass is 35.5. The summed E-state index contributed by atoms with van der Waals surface area (Å²) in [6.07, 6.45) is 1.86. The van der Waals surface area contributed by atoms with Gasteiger partial charge in [-0.3, -0.25) is 4.79 Å². The van der Waals surface area contributed by atoms with Crippen LogP contribution in [-0.4, -0.2) is 51.8 Å². The molecule has 0 atom stereocenters. The van der Waals surface area contributed by atoms with Crippen LogP contribution in [0, 0.1) is 13.8 Å². The van der Waals surface area contributed by atoms with Gasteiger partial charge in [-0.1, -0.05) is 6.07 Å². The molecule has 3 heterocycles. The molecule has 28 heavy (non-hydrogen) atoms. The lowest BCUT2D eigenvalue weighted by Crippen LogP contribution is -2.41. The van der Waals surface area contributed by atoms with E-state index in [0.717, 1.165) is 63.0 Å². The molecule has 0 saturated carbocycles. The van der Waals surface area contributed by atoms with Crippen LogP contribution in [0.15, 0.2) is 18.2 Å². The fraction of sp³-hybridized carbons (Fsp3) is 0.550. The highest BCUT2D eigenvalue weighted by Gasteiger charge is 2.28. The predicted molar refractivity (Wildman–Crippen MR) is 109 cm³/mol. The largest absolute Gasteiger partial charge is 0.484 e. The number of nitrogens with one attached hydrogen (secondary N) is 1. The summed E-state index contributed by atoms with van der Waals surface area (Å²) in [6.45, 7) is 8.40. The minimum absolute atomic E-state index is 0. The topological polar surface area (TPSA) is 72.3 Å². The molecule has 0 spiro atoms. The Balaban J connectivity index is 0.00000225.